The van der Waals surface area contributed by atoms with Gasteiger partial charge >= 0.3 is 0 Å². The van der Waals surface area contributed by atoms with Crippen molar-refractivity contribution in [2.24, 2.45) is 0 Å². The van der Waals surface area contributed by atoms with Crippen molar-refractivity contribution in [3.05, 3.63) is 12.4 Å². The fourth-order valence-corrected chi connectivity index (χ4v) is 0.700. The molecule has 0 saturated heterocycles. The minimum Gasteiger partial charge on any atom is -0.379 e. The summed E-state index contributed by atoms with van der Waals surface area (Å²) in [5, 5.41) is 3.00. The predicted molar refractivity (Wildman–Crippen MR) is 27.9 cm³/mol. The zero-order chi connectivity index (χ0) is 4.24. The lowest BCUT2D eigenvalue weighted by Gasteiger charge is -2.04. The second-order valence-electron chi connectivity index (χ2n) is 0.944. The van der Waals surface area contributed by atoms with Crippen LogP contribution in [0.2, 0.25) is 0 Å². The molecule has 1 aliphatic heterocycles. The quantitative estimate of drug-likeness (QED) is 0.429. The summed E-state index contributed by atoms with van der Waals surface area (Å²) in [5.74, 6) is 0.969. The molecule has 0 saturated carbocycles. The van der Waals surface area contributed by atoms with E-state index in [2.05, 4.69) is 10.0 Å². The van der Waals surface area contributed by atoms with E-state index in [1.807, 2.05) is 12.4 Å². The van der Waals surface area contributed by atoms with Crippen LogP contribution in [0, 0.1) is 0 Å². The number of rotatable bonds is 0. The van der Waals surface area contributed by atoms with Crippen molar-refractivity contribution in [1.82, 2.24) is 10.0 Å². The van der Waals surface area contributed by atoms with Crippen LogP contribution in [0.25, 0.3) is 0 Å². The van der Waals surface area contributed by atoms with E-state index in [-0.39, 0.29) is 0 Å². The molecule has 0 spiro atoms. The second kappa shape index (κ2) is 1.97. The molecular formula is C3H6N2S. The van der Waals surface area contributed by atoms with Gasteiger partial charge in [0.1, 0.15) is 0 Å². The molecule has 34 valence electrons. The van der Waals surface area contributed by atoms with Gasteiger partial charge in [0.05, 0.1) is 5.88 Å². The SMILES string of the molecule is C1=CNSCN1. The molecule has 0 aromatic heterocycles. The standard InChI is InChI=1S/C3H6N2S/c1-2-5-6-3-4-1/h1-2,4-5H,3H2. The lowest BCUT2D eigenvalue weighted by Crippen LogP contribution is -2.13. The van der Waals surface area contributed by atoms with Crippen LogP contribution in [-0.2, 0) is 0 Å². The van der Waals surface area contributed by atoms with E-state index >= 15 is 0 Å². The van der Waals surface area contributed by atoms with Crippen molar-refractivity contribution in [3.8, 4) is 0 Å². The van der Waals surface area contributed by atoms with Gasteiger partial charge in [-0.1, -0.05) is 0 Å². The molecule has 2 nitrogen and oxygen atoms in total. The highest BCUT2D eigenvalue weighted by atomic mass is 32.2. The normalized spacial score (nSPS) is 18.7. The Bertz CT molecular complexity index is 53.8. The van der Waals surface area contributed by atoms with Crippen molar-refractivity contribution in [1.29, 1.82) is 0 Å². The van der Waals surface area contributed by atoms with Crippen LogP contribution in [0.15, 0.2) is 12.4 Å². The Hall–Kier alpha value is -0.310. The van der Waals surface area contributed by atoms with Gasteiger partial charge in [-0.2, -0.15) is 0 Å². The number of nitrogens with one attached hydrogen (secondary N) is 2. The highest BCUT2D eigenvalue weighted by Gasteiger charge is 1.82. The van der Waals surface area contributed by atoms with Crippen LogP contribution in [0.5, 0.6) is 0 Å². The Labute approximate surface area is 41.1 Å². The van der Waals surface area contributed by atoms with Gasteiger partial charge < -0.3 is 10.0 Å². The zero-order valence-electron chi connectivity index (χ0n) is 3.27. The first-order chi connectivity index (χ1) is 3.00. The fraction of sp³-hybridized carbons (Fsp3) is 0.333. The molecule has 0 aromatic carbocycles. The molecule has 0 radical (unpaired) electrons. The summed E-state index contributed by atoms with van der Waals surface area (Å²) in [4.78, 5) is 0. The average molecular weight is 102 g/mol. The molecular weight excluding hydrogens is 96.1 g/mol. The van der Waals surface area contributed by atoms with E-state index in [4.69, 9.17) is 0 Å². The smallest absolute Gasteiger partial charge is 0.0803 e. The third-order valence-electron chi connectivity index (χ3n) is 0.508. The Kier molecular flexibility index (Phi) is 1.27. The van der Waals surface area contributed by atoms with Gasteiger partial charge in [0.15, 0.2) is 0 Å². The van der Waals surface area contributed by atoms with Crippen LogP contribution in [0.4, 0.5) is 0 Å². The number of hydrogen-bond donors (Lipinski definition) is 2. The van der Waals surface area contributed by atoms with E-state index in [1.54, 1.807) is 11.9 Å². The molecule has 1 rings (SSSR count). The summed E-state index contributed by atoms with van der Waals surface area (Å²) in [6, 6.07) is 0. The summed E-state index contributed by atoms with van der Waals surface area (Å²) in [7, 11) is 0. The summed E-state index contributed by atoms with van der Waals surface area (Å²) >= 11 is 1.65. The predicted octanol–water partition coefficient (Wildman–Crippen LogP) is 0.256. The van der Waals surface area contributed by atoms with Gasteiger partial charge in [0, 0.05) is 12.4 Å². The first-order valence-electron chi connectivity index (χ1n) is 1.76. The Morgan fingerprint density at radius 2 is 2.50 bits per heavy atom. The van der Waals surface area contributed by atoms with Crippen molar-refractivity contribution < 1.29 is 0 Å². The van der Waals surface area contributed by atoms with Crippen LogP contribution >= 0.6 is 11.9 Å². The summed E-state index contributed by atoms with van der Waals surface area (Å²) in [5.41, 5.74) is 0. The van der Waals surface area contributed by atoms with Gasteiger partial charge in [-0.15, -0.1) is 0 Å². The maximum atomic E-state index is 3.00. The molecule has 0 aromatic rings. The van der Waals surface area contributed by atoms with E-state index in [9.17, 15) is 0 Å². The summed E-state index contributed by atoms with van der Waals surface area (Å²) < 4.78 is 2.96. The van der Waals surface area contributed by atoms with Crippen LogP contribution in [0.1, 0.15) is 0 Å². The zero-order valence-corrected chi connectivity index (χ0v) is 4.09. The first kappa shape index (κ1) is 3.87. The first-order valence-corrected chi connectivity index (χ1v) is 2.74. The molecule has 0 aliphatic carbocycles. The molecule has 1 aliphatic rings. The second-order valence-corrected chi connectivity index (χ2v) is 1.76. The lowest BCUT2D eigenvalue weighted by atomic mass is 10.9. The van der Waals surface area contributed by atoms with Gasteiger partial charge in [0.25, 0.3) is 0 Å². The van der Waals surface area contributed by atoms with Gasteiger partial charge in [-0.25, -0.2) is 0 Å². The molecule has 1 heterocycles. The average Bonchev–Trinajstić information content (AvgIpc) is 1.72. The molecule has 0 bridgehead atoms. The fourth-order valence-electron chi connectivity index (χ4n) is 0.273. The summed E-state index contributed by atoms with van der Waals surface area (Å²) in [6.07, 6.45) is 3.75. The molecule has 0 atom stereocenters. The van der Waals surface area contributed by atoms with Gasteiger partial charge in [-0.05, 0) is 11.9 Å². The number of hydrogen-bond acceptors (Lipinski definition) is 3. The largest absolute Gasteiger partial charge is 0.379 e. The maximum Gasteiger partial charge on any atom is 0.0803 e. The van der Waals surface area contributed by atoms with Gasteiger partial charge in [-0.3, -0.25) is 0 Å². The Morgan fingerprint density at radius 3 is 2.67 bits per heavy atom. The van der Waals surface area contributed by atoms with Crippen LogP contribution < -0.4 is 10.0 Å². The van der Waals surface area contributed by atoms with E-state index in [1.165, 1.54) is 0 Å². The Balaban J connectivity index is 2.26. The highest BCUT2D eigenvalue weighted by Crippen LogP contribution is 1.91. The minimum atomic E-state index is 0.969. The van der Waals surface area contributed by atoms with E-state index < -0.39 is 0 Å². The molecule has 2 N–H and O–H groups in total. The van der Waals surface area contributed by atoms with Crippen molar-refractivity contribution in [2.45, 2.75) is 0 Å². The topological polar surface area (TPSA) is 24.1 Å². The summed E-state index contributed by atoms with van der Waals surface area (Å²) in [6.45, 7) is 0. The molecule has 0 unspecified atom stereocenters. The minimum absolute atomic E-state index is 0.969. The van der Waals surface area contributed by atoms with Gasteiger partial charge in [0.2, 0.25) is 0 Å². The molecule has 6 heavy (non-hydrogen) atoms. The highest BCUT2D eigenvalue weighted by molar-refractivity contribution is 7.97. The Morgan fingerprint density at radius 1 is 1.50 bits per heavy atom. The monoisotopic (exact) mass is 102 g/mol. The third-order valence-corrected chi connectivity index (χ3v) is 1.12. The lowest BCUT2D eigenvalue weighted by molar-refractivity contribution is 1.02. The van der Waals surface area contributed by atoms with E-state index in [0.29, 0.717) is 0 Å². The van der Waals surface area contributed by atoms with E-state index in [0.717, 1.165) is 5.88 Å². The third kappa shape index (κ3) is 0.825. The maximum absolute atomic E-state index is 3.00. The molecule has 0 amide bonds. The molecule has 3 heteroatoms. The van der Waals surface area contributed by atoms with Crippen molar-refractivity contribution >= 4 is 11.9 Å². The molecule has 0 fully saturated rings. The van der Waals surface area contributed by atoms with Crippen LogP contribution in [0.3, 0.4) is 0 Å². The van der Waals surface area contributed by atoms with Crippen molar-refractivity contribution in [2.75, 3.05) is 5.88 Å². The van der Waals surface area contributed by atoms with Crippen LogP contribution in [-0.4, -0.2) is 5.88 Å². The van der Waals surface area contributed by atoms with Crippen molar-refractivity contribution in [3.63, 3.8) is 0 Å².